The van der Waals surface area contributed by atoms with Crippen LogP contribution in [0.25, 0.3) is 0 Å². The Morgan fingerprint density at radius 3 is 2.81 bits per heavy atom. The summed E-state index contributed by atoms with van der Waals surface area (Å²) in [6.07, 6.45) is 0. The largest absolute Gasteiger partial charge is 0.384 e. The molecule has 0 radical (unpaired) electrons. The Bertz CT molecular complexity index is 661. The number of aliphatic hydroxyl groups excluding tert-OH is 1. The highest BCUT2D eigenvalue weighted by molar-refractivity contribution is 8.00. The first kappa shape index (κ1) is 16.4. The topological polar surface area (TPSA) is 57.6 Å². The highest BCUT2D eigenvalue weighted by Crippen LogP contribution is 2.30. The fraction of sp³-hybridized carbons (Fsp3) is 0.467. The number of hydrogen-bond acceptors (Lipinski definition) is 4. The first-order valence-electron chi connectivity index (χ1n) is 6.80. The van der Waals surface area contributed by atoms with Crippen molar-refractivity contribution >= 4 is 21.8 Å². The van der Waals surface area contributed by atoms with Gasteiger partial charge in [-0.05, 0) is 19.1 Å². The molecule has 1 N–H and O–H groups in total. The van der Waals surface area contributed by atoms with Gasteiger partial charge in [0.15, 0.2) is 0 Å². The summed E-state index contributed by atoms with van der Waals surface area (Å²) in [6.45, 7) is 4.22. The van der Waals surface area contributed by atoms with Gasteiger partial charge < -0.3 is 5.11 Å². The minimum absolute atomic E-state index is 0.0485. The molecule has 0 aromatic heterocycles. The SMILES string of the molecule is CC1SCCN(S(=O)(=O)c2ccccc2C#CCO)C1C. The van der Waals surface area contributed by atoms with Crippen LogP contribution in [-0.2, 0) is 10.0 Å². The number of thioether (sulfide) groups is 1. The van der Waals surface area contributed by atoms with Crippen LogP contribution >= 0.6 is 11.8 Å². The van der Waals surface area contributed by atoms with Crippen molar-refractivity contribution in [3.63, 3.8) is 0 Å². The number of rotatable bonds is 2. The third-order valence-electron chi connectivity index (χ3n) is 3.60. The average Bonchev–Trinajstić information content (AvgIpc) is 2.48. The second kappa shape index (κ2) is 6.84. The predicted octanol–water partition coefficient (Wildman–Crippen LogP) is 1.54. The van der Waals surface area contributed by atoms with Crippen molar-refractivity contribution in [1.82, 2.24) is 4.31 Å². The molecule has 1 heterocycles. The maximum atomic E-state index is 12.9. The fourth-order valence-electron chi connectivity index (χ4n) is 2.30. The molecule has 2 atom stereocenters. The maximum Gasteiger partial charge on any atom is 0.244 e. The Balaban J connectivity index is 2.44. The monoisotopic (exact) mass is 325 g/mol. The second-order valence-corrected chi connectivity index (χ2v) is 8.23. The third kappa shape index (κ3) is 3.43. The van der Waals surface area contributed by atoms with E-state index in [9.17, 15) is 8.42 Å². The third-order valence-corrected chi connectivity index (χ3v) is 6.98. The molecule has 1 saturated heterocycles. The van der Waals surface area contributed by atoms with E-state index in [0.29, 0.717) is 12.1 Å². The van der Waals surface area contributed by atoms with Crippen molar-refractivity contribution in [3.05, 3.63) is 29.8 Å². The summed E-state index contributed by atoms with van der Waals surface area (Å²) >= 11 is 1.79. The summed E-state index contributed by atoms with van der Waals surface area (Å²) in [7, 11) is -3.57. The lowest BCUT2D eigenvalue weighted by atomic mass is 10.2. The van der Waals surface area contributed by atoms with Crippen molar-refractivity contribution in [1.29, 1.82) is 0 Å². The van der Waals surface area contributed by atoms with Crippen LogP contribution in [0, 0.1) is 11.8 Å². The van der Waals surface area contributed by atoms with Crippen molar-refractivity contribution in [2.75, 3.05) is 18.9 Å². The van der Waals surface area contributed by atoms with Gasteiger partial charge in [-0.3, -0.25) is 0 Å². The van der Waals surface area contributed by atoms with E-state index >= 15 is 0 Å². The summed E-state index contributed by atoms with van der Waals surface area (Å²) < 4.78 is 27.4. The molecule has 21 heavy (non-hydrogen) atoms. The molecule has 2 rings (SSSR count). The molecule has 0 bridgehead atoms. The van der Waals surface area contributed by atoms with Gasteiger partial charge >= 0.3 is 0 Å². The van der Waals surface area contributed by atoms with Gasteiger partial charge in [-0.15, -0.1) is 0 Å². The van der Waals surface area contributed by atoms with Crippen LogP contribution in [0.4, 0.5) is 0 Å². The second-order valence-electron chi connectivity index (χ2n) is 4.89. The zero-order valence-corrected chi connectivity index (χ0v) is 13.7. The molecule has 1 aromatic rings. The van der Waals surface area contributed by atoms with Gasteiger partial charge in [-0.25, -0.2) is 8.42 Å². The Labute approximate surface area is 130 Å². The average molecular weight is 325 g/mol. The molecule has 0 spiro atoms. The molecule has 0 saturated carbocycles. The molecule has 2 unspecified atom stereocenters. The molecule has 0 amide bonds. The molecule has 4 nitrogen and oxygen atoms in total. The summed E-state index contributed by atoms with van der Waals surface area (Å²) in [4.78, 5) is 0.219. The number of sulfonamides is 1. The van der Waals surface area contributed by atoms with E-state index in [1.165, 1.54) is 0 Å². The van der Waals surface area contributed by atoms with E-state index in [0.717, 1.165) is 5.75 Å². The number of benzene rings is 1. The molecule has 1 aliphatic rings. The van der Waals surface area contributed by atoms with E-state index in [4.69, 9.17) is 5.11 Å². The molecule has 114 valence electrons. The van der Waals surface area contributed by atoms with Gasteiger partial charge in [0, 0.05) is 29.2 Å². The Kier molecular flexibility index (Phi) is 5.33. The first-order valence-corrected chi connectivity index (χ1v) is 9.29. The van der Waals surface area contributed by atoms with Gasteiger partial charge in [0.2, 0.25) is 10.0 Å². The number of aliphatic hydroxyl groups is 1. The van der Waals surface area contributed by atoms with E-state index in [1.807, 2.05) is 6.92 Å². The van der Waals surface area contributed by atoms with Crippen LogP contribution in [0.2, 0.25) is 0 Å². The number of nitrogens with zero attached hydrogens (tertiary/aromatic N) is 1. The van der Waals surface area contributed by atoms with Crippen molar-refractivity contribution in [2.45, 2.75) is 30.0 Å². The lowest BCUT2D eigenvalue weighted by Gasteiger charge is -2.36. The van der Waals surface area contributed by atoms with Crippen LogP contribution in [-0.4, -0.2) is 48.0 Å². The summed E-state index contributed by atoms with van der Waals surface area (Å²) in [5.41, 5.74) is 0.435. The van der Waals surface area contributed by atoms with Gasteiger partial charge in [0.25, 0.3) is 0 Å². The zero-order valence-electron chi connectivity index (χ0n) is 12.1. The van der Waals surface area contributed by atoms with Gasteiger partial charge in [-0.2, -0.15) is 16.1 Å². The summed E-state index contributed by atoms with van der Waals surface area (Å²) in [6, 6.07) is 6.65. The molecular formula is C15H19NO3S2. The normalized spacial score (nSPS) is 23.4. The maximum absolute atomic E-state index is 12.9. The van der Waals surface area contributed by atoms with Gasteiger partial charge in [-0.1, -0.05) is 30.9 Å². The van der Waals surface area contributed by atoms with E-state index < -0.39 is 10.0 Å². The molecule has 6 heteroatoms. The smallest absolute Gasteiger partial charge is 0.244 e. The first-order chi connectivity index (χ1) is 9.98. The molecule has 1 aliphatic heterocycles. The highest BCUT2D eigenvalue weighted by Gasteiger charge is 2.35. The Hall–Kier alpha value is -1.00. The van der Waals surface area contributed by atoms with Gasteiger partial charge in [0.1, 0.15) is 6.61 Å². The summed E-state index contributed by atoms with van der Waals surface area (Å²) in [5.74, 6) is 6.04. The van der Waals surface area contributed by atoms with E-state index in [2.05, 4.69) is 18.8 Å². The Morgan fingerprint density at radius 1 is 1.38 bits per heavy atom. The molecule has 0 aliphatic carbocycles. The molecule has 1 aromatic carbocycles. The molecular weight excluding hydrogens is 306 g/mol. The lowest BCUT2D eigenvalue weighted by molar-refractivity contribution is 0.340. The number of hydrogen-bond donors (Lipinski definition) is 1. The predicted molar refractivity (Wildman–Crippen MR) is 85.7 cm³/mol. The lowest BCUT2D eigenvalue weighted by Crippen LogP contribution is -2.47. The highest BCUT2D eigenvalue weighted by atomic mass is 32.2. The Morgan fingerprint density at radius 2 is 2.10 bits per heavy atom. The fourth-order valence-corrected chi connectivity index (χ4v) is 5.44. The van der Waals surface area contributed by atoms with Crippen LogP contribution in [0.1, 0.15) is 19.4 Å². The van der Waals surface area contributed by atoms with Crippen LogP contribution in [0.5, 0.6) is 0 Å². The summed E-state index contributed by atoms with van der Waals surface area (Å²) in [5, 5.41) is 9.08. The quantitative estimate of drug-likeness (QED) is 0.838. The van der Waals surface area contributed by atoms with Gasteiger partial charge in [0.05, 0.1) is 4.90 Å². The zero-order chi connectivity index (χ0) is 15.5. The minimum Gasteiger partial charge on any atom is -0.384 e. The van der Waals surface area contributed by atoms with E-state index in [1.54, 1.807) is 40.3 Å². The van der Waals surface area contributed by atoms with E-state index in [-0.39, 0.29) is 22.8 Å². The van der Waals surface area contributed by atoms with Crippen LogP contribution in [0.3, 0.4) is 0 Å². The minimum atomic E-state index is -3.57. The van der Waals surface area contributed by atoms with Crippen molar-refractivity contribution < 1.29 is 13.5 Å². The van der Waals surface area contributed by atoms with Crippen LogP contribution < -0.4 is 0 Å². The van der Waals surface area contributed by atoms with Crippen LogP contribution in [0.15, 0.2) is 29.2 Å². The van der Waals surface area contributed by atoms with Crippen molar-refractivity contribution in [2.24, 2.45) is 0 Å². The standard InChI is InChI=1S/C15H19NO3S2/c1-12-13(2)20-11-9-16(12)21(18,19)15-8-4-3-6-14(15)7-5-10-17/h3-4,6,8,12-13,17H,9-11H2,1-2H3. The van der Waals surface area contributed by atoms with Crippen molar-refractivity contribution in [3.8, 4) is 11.8 Å². The molecule has 1 fully saturated rings.